The van der Waals surface area contributed by atoms with Crippen LogP contribution in [0, 0.1) is 6.92 Å². The minimum absolute atomic E-state index is 0.327. The third-order valence-corrected chi connectivity index (χ3v) is 4.72. The first-order chi connectivity index (χ1) is 13.0. The van der Waals surface area contributed by atoms with E-state index >= 15 is 8.78 Å². The third kappa shape index (κ3) is 2.39. The van der Waals surface area contributed by atoms with Gasteiger partial charge in [0.15, 0.2) is 5.58 Å². The first kappa shape index (κ1) is 15.9. The van der Waals surface area contributed by atoms with E-state index in [9.17, 15) is 0 Å². The number of aryl methyl sites for hydroxylation is 1. The summed E-state index contributed by atoms with van der Waals surface area (Å²) in [5.74, 6) is -4.11. The molecule has 0 aliphatic carbocycles. The molecule has 0 fully saturated rings. The Balaban J connectivity index is 1.83. The maximum Gasteiger partial charge on any atom is 0.364 e. The molecular weight excluding hydrogens is 346 g/mol. The zero-order valence-electron chi connectivity index (χ0n) is 14.4. The molecule has 0 atom stereocenters. The van der Waals surface area contributed by atoms with E-state index in [0.717, 1.165) is 16.3 Å². The maximum absolute atomic E-state index is 15.4. The van der Waals surface area contributed by atoms with Gasteiger partial charge in [-0.15, -0.1) is 0 Å². The van der Waals surface area contributed by atoms with E-state index in [1.807, 2.05) is 31.2 Å². The van der Waals surface area contributed by atoms with Gasteiger partial charge in [-0.2, -0.15) is 8.78 Å². The van der Waals surface area contributed by atoms with Gasteiger partial charge in [0.2, 0.25) is 0 Å². The lowest BCUT2D eigenvalue weighted by molar-refractivity contribution is 0.0123. The molecule has 132 valence electrons. The second kappa shape index (κ2) is 5.58. The summed E-state index contributed by atoms with van der Waals surface area (Å²) in [4.78, 5) is 8.32. The SMILES string of the molecule is Cc1ccc2nc(C(F)(F)c3nc4ccccc4o3)c3ccccc3c2c1. The number of hydrogen-bond donors (Lipinski definition) is 0. The van der Waals surface area contributed by atoms with Gasteiger partial charge in [-0.25, -0.2) is 9.97 Å². The van der Waals surface area contributed by atoms with Gasteiger partial charge < -0.3 is 4.42 Å². The Labute approximate surface area is 153 Å². The molecule has 0 saturated carbocycles. The molecule has 2 heterocycles. The fourth-order valence-corrected chi connectivity index (χ4v) is 3.42. The summed E-state index contributed by atoms with van der Waals surface area (Å²) in [6.45, 7) is 1.97. The van der Waals surface area contributed by atoms with Gasteiger partial charge in [-0.3, -0.25) is 0 Å². The molecule has 3 aromatic carbocycles. The Morgan fingerprint density at radius 3 is 2.33 bits per heavy atom. The number of halogens is 2. The Bertz CT molecular complexity index is 1290. The van der Waals surface area contributed by atoms with Crippen LogP contribution in [0.3, 0.4) is 0 Å². The number of oxazole rings is 1. The number of benzene rings is 3. The molecule has 5 aromatic rings. The van der Waals surface area contributed by atoms with E-state index in [0.29, 0.717) is 22.0 Å². The van der Waals surface area contributed by atoms with Crippen LogP contribution in [0.2, 0.25) is 0 Å². The number of nitrogens with zero attached hydrogens (tertiary/aromatic N) is 2. The second-order valence-corrected chi connectivity index (χ2v) is 6.59. The van der Waals surface area contributed by atoms with Crippen molar-refractivity contribution in [1.29, 1.82) is 0 Å². The standard InChI is InChI=1S/C22H14F2N2O/c1-13-10-11-17-16(12-13)14-6-2-3-7-15(14)20(25-17)22(23,24)21-26-18-8-4-5-9-19(18)27-21/h2-12H,1H3. The van der Waals surface area contributed by atoms with Crippen molar-refractivity contribution in [3.05, 3.63) is 83.9 Å². The Morgan fingerprint density at radius 2 is 1.52 bits per heavy atom. The highest BCUT2D eigenvalue weighted by Crippen LogP contribution is 2.40. The molecule has 0 bridgehead atoms. The highest BCUT2D eigenvalue weighted by atomic mass is 19.3. The number of aromatic nitrogens is 2. The van der Waals surface area contributed by atoms with Crippen molar-refractivity contribution in [3.8, 4) is 0 Å². The molecule has 0 spiro atoms. The normalized spacial score (nSPS) is 12.3. The molecule has 27 heavy (non-hydrogen) atoms. The van der Waals surface area contributed by atoms with Crippen molar-refractivity contribution in [1.82, 2.24) is 9.97 Å². The maximum atomic E-state index is 15.4. The van der Waals surface area contributed by atoms with Gasteiger partial charge in [0.25, 0.3) is 5.89 Å². The lowest BCUT2D eigenvalue weighted by atomic mass is 10.00. The van der Waals surface area contributed by atoms with Crippen LogP contribution in [0.15, 0.2) is 71.1 Å². The lowest BCUT2D eigenvalue weighted by Crippen LogP contribution is -2.18. The molecule has 5 rings (SSSR count). The van der Waals surface area contributed by atoms with Crippen LogP contribution in [0.25, 0.3) is 32.8 Å². The zero-order valence-corrected chi connectivity index (χ0v) is 14.4. The van der Waals surface area contributed by atoms with E-state index in [1.165, 1.54) is 0 Å². The first-order valence-corrected chi connectivity index (χ1v) is 8.57. The number of rotatable bonds is 2. The number of fused-ring (bicyclic) bond motifs is 4. The first-order valence-electron chi connectivity index (χ1n) is 8.57. The Hall–Kier alpha value is -3.34. The van der Waals surface area contributed by atoms with Crippen molar-refractivity contribution >= 4 is 32.8 Å². The van der Waals surface area contributed by atoms with Gasteiger partial charge in [-0.05, 0) is 36.6 Å². The highest BCUT2D eigenvalue weighted by Gasteiger charge is 2.43. The predicted octanol–water partition coefficient (Wildman–Crippen LogP) is 5.98. The van der Waals surface area contributed by atoms with Crippen molar-refractivity contribution in [3.63, 3.8) is 0 Å². The van der Waals surface area contributed by atoms with Crippen LogP contribution in [0.1, 0.15) is 17.1 Å². The van der Waals surface area contributed by atoms with E-state index in [1.54, 1.807) is 42.5 Å². The van der Waals surface area contributed by atoms with Crippen molar-refractivity contribution in [2.45, 2.75) is 12.8 Å². The highest BCUT2D eigenvalue weighted by molar-refractivity contribution is 6.07. The number of pyridine rings is 1. The zero-order chi connectivity index (χ0) is 18.6. The largest absolute Gasteiger partial charge is 0.435 e. The second-order valence-electron chi connectivity index (χ2n) is 6.59. The summed E-state index contributed by atoms with van der Waals surface area (Å²) in [6.07, 6.45) is 0. The summed E-state index contributed by atoms with van der Waals surface area (Å²) in [7, 11) is 0. The van der Waals surface area contributed by atoms with Gasteiger partial charge >= 0.3 is 5.92 Å². The monoisotopic (exact) mass is 360 g/mol. The van der Waals surface area contributed by atoms with E-state index in [4.69, 9.17) is 4.42 Å². The molecule has 0 amide bonds. The fourth-order valence-electron chi connectivity index (χ4n) is 3.42. The minimum Gasteiger partial charge on any atom is -0.435 e. The minimum atomic E-state index is -3.46. The Morgan fingerprint density at radius 1 is 0.778 bits per heavy atom. The summed E-state index contributed by atoms with van der Waals surface area (Å²) < 4.78 is 36.3. The molecule has 0 radical (unpaired) electrons. The van der Waals surface area contributed by atoms with Gasteiger partial charge in [0.05, 0.1) is 5.52 Å². The van der Waals surface area contributed by atoms with E-state index in [2.05, 4.69) is 9.97 Å². The lowest BCUT2D eigenvalue weighted by Gasteiger charge is -2.16. The van der Waals surface area contributed by atoms with Gasteiger partial charge in [-0.1, -0.05) is 48.0 Å². The van der Waals surface area contributed by atoms with Gasteiger partial charge in [0.1, 0.15) is 11.2 Å². The molecule has 0 aliphatic rings. The summed E-state index contributed by atoms with van der Waals surface area (Å²) in [5, 5.41) is 1.97. The average molecular weight is 360 g/mol. The molecule has 0 unspecified atom stereocenters. The van der Waals surface area contributed by atoms with Gasteiger partial charge in [0, 0.05) is 10.8 Å². The van der Waals surface area contributed by atoms with Crippen LogP contribution in [0.4, 0.5) is 8.78 Å². The van der Waals surface area contributed by atoms with Crippen molar-refractivity contribution < 1.29 is 13.2 Å². The summed E-state index contributed by atoms with van der Waals surface area (Å²) in [6, 6.07) is 19.4. The fraction of sp³-hybridized carbons (Fsp3) is 0.0909. The van der Waals surface area contributed by atoms with E-state index in [-0.39, 0.29) is 5.69 Å². The van der Waals surface area contributed by atoms with Crippen LogP contribution in [-0.2, 0) is 5.92 Å². The van der Waals surface area contributed by atoms with Crippen LogP contribution >= 0.6 is 0 Å². The third-order valence-electron chi connectivity index (χ3n) is 4.72. The quantitative estimate of drug-likeness (QED) is 0.364. The number of para-hydroxylation sites is 2. The predicted molar refractivity (Wildman–Crippen MR) is 101 cm³/mol. The molecular formula is C22H14F2N2O. The molecule has 0 saturated heterocycles. The Kier molecular flexibility index (Phi) is 3.28. The molecule has 3 nitrogen and oxygen atoms in total. The van der Waals surface area contributed by atoms with Crippen LogP contribution in [-0.4, -0.2) is 9.97 Å². The number of alkyl halides is 2. The average Bonchev–Trinajstić information content (AvgIpc) is 3.12. The van der Waals surface area contributed by atoms with Crippen LogP contribution < -0.4 is 0 Å². The summed E-state index contributed by atoms with van der Waals surface area (Å²) in [5.41, 5.74) is 1.94. The van der Waals surface area contributed by atoms with Crippen molar-refractivity contribution in [2.24, 2.45) is 0 Å². The summed E-state index contributed by atoms with van der Waals surface area (Å²) >= 11 is 0. The molecule has 2 aromatic heterocycles. The topological polar surface area (TPSA) is 38.9 Å². The number of hydrogen-bond acceptors (Lipinski definition) is 3. The van der Waals surface area contributed by atoms with E-state index < -0.39 is 11.8 Å². The smallest absolute Gasteiger partial charge is 0.364 e. The molecule has 0 aliphatic heterocycles. The molecule has 0 N–H and O–H groups in total. The van der Waals surface area contributed by atoms with Crippen LogP contribution in [0.5, 0.6) is 0 Å². The molecule has 5 heteroatoms. The van der Waals surface area contributed by atoms with Crippen molar-refractivity contribution in [2.75, 3.05) is 0 Å².